The fraction of sp³-hybridized carbons (Fsp3) is 0.429. The molecular formula is C14H18N2O4. The third-order valence-electron chi connectivity index (χ3n) is 3.23. The van der Waals surface area contributed by atoms with Crippen LogP contribution in [-0.2, 0) is 20.9 Å². The van der Waals surface area contributed by atoms with Crippen LogP contribution < -0.4 is 10.6 Å². The maximum atomic E-state index is 12.1. The molecule has 2 rings (SSSR count). The average molecular weight is 278 g/mol. The van der Waals surface area contributed by atoms with E-state index in [4.69, 9.17) is 9.84 Å². The van der Waals surface area contributed by atoms with Crippen LogP contribution in [0.3, 0.4) is 0 Å². The number of carbonyl (C=O) groups is 2. The normalized spacial score (nSPS) is 21.6. The highest BCUT2D eigenvalue weighted by molar-refractivity contribution is 5.95. The van der Waals surface area contributed by atoms with Crippen molar-refractivity contribution in [3.63, 3.8) is 0 Å². The number of anilines is 1. The third-order valence-corrected chi connectivity index (χ3v) is 3.23. The zero-order chi connectivity index (χ0) is 14.5. The zero-order valence-corrected chi connectivity index (χ0v) is 11.3. The molecule has 108 valence electrons. The molecule has 0 aromatic heterocycles. The highest BCUT2D eigenvalue weighted by atomic mass is 16.5. The van der Waals surface area contributed by atoms with Gasteiger partial charge in [0.05, 0.1) is 0 Å². The molecule has 1 aromatic carbocycles. The Hall–Kier alpha value is -1.92. The first-order chi connectivity index (χ1) is 9.61. The molecular weight excluding hydrogens is 260 g/mol. The highest BCUT2D eigenvalue weighted by Gasteiger charge is 2.34. The molecule has 1 aliphatic heterocycles. The Morgan fingerprint density at radius 3 is 2.65 bits per heavy atom. The monoisotopic (exact) mass is 278 g/mol. The van der Waals surface area contributed by atoms with Gasteiger partial charge in [0.1, 0.15) is 6.10 Å². The Kier molecular flexibility index (Phi) is 4.70. The minimum absolute atomic E-state index is 0.294. The number of hydrogen-bond donors (Lipinski definition) is 3. The Bertz CT molecular complexity index is 504. The van der Waals surface area contributed by atoms with E-state index in [-0.39, 0.29) is 5.91 Å². The number of para-hydroxylation sites is 1. The van der Waals surface area contributed by atoms with Gasteiger partial charge in [-0.1, -0.05) is 18.2 Å². The van der Waals surface area contributed by atoms with Crippen molar-refractivity contribution < 1.29 is 19.4 Å². The van der Waals surface area contributed by atoms with E-state index >= 15 is 0 Å². The molecule has 0 saturated carbocycles. The second-order valence-corrected chi connectivity index (χ2v) is 4.71. The van der Waals surface area contributed by atoms with E-state index in [1.807, 2.05) is 31.3 Å². The fourth-order valence-electron chi connectivity index (χ4n) is 2.21. The van der Waals surface area contributed by atoms with Crippen molar-refractivity contribution >= 4 is 17.6 Å². The van der Waals surface area contributed by atoms with Crippen molar-refractivity contribution in [1.82, 2.24) is 5.32 Å². The zero-order valence-electron chi connectivity index (χ0n) is 11.3. The lowest BCUT2D eigenvalue weighted by Crippen LogP contribution is -2.30. The first-order valence-corrected chi connectivity index (χ1v) is 6.53. The predicted molar refractivity (Wildman–Crippen MR) is 73.4 cm³/mol. The van der Waals surface area contributed by atoms with Crippen LogP contribution in [0.5, 0.6) is 0 Å². The average Bonchev–Trinajstić information content (AvgIpc) is 2.91. The molecule has 6 nitrogen and oxygen atoms in total. The minimum Gasteiger partial charge on any atom is -0.479 e. The number of nitrogens with one attached hydrogen (secondary N) is 2. The van der Waals surface area contributed by atoms with E-state index in [0.29, 0.717) is 25.1 Å². The van der Waals surface area contributed by atoms with Gasteiger partial charge in [0.15, 0.2) is 6.10 Å². The van der Waals surface area contributed by atoms with Gasteiger partial charge in [0.2, 0.25) is 0 Å². The summed E-state index contributed by atoms with van der Waals surface area (Å²) in [6, 6.07) is 7.47. The molecule has 1 amide bonds. The lowest BCUT2D eigenvalue weighted by molar-refractivity contribution is -0.150. The molecule has 1 saturated heterocycles. The van der Waals surface area contributed by atoms with Crippen LogP contribution in [0, 0.1) is 0 Å². The maximum absolute atomic E-state index is 12.1. The van der Waals surface area contributed by atoms with Crippen LogP contribution in [0.15, 0.2) is 24.3 Å². The molecule has 0 bridgehead atoms. The van der Waals surface area contributed by atoms with Gasteiger partial charge < -0.3 is 20.5 Å². The van der Waals surface area contributed by atoms with Crippen molar-refractivity contribution in [2.45, 2.75) is 31.6 Å². The first-order valence-electron chi connectivity index (χ1n) is 6.53. The molecule has 2 atom stereocenters. The molecule has 0 aliphatic carbocycles. The third kappa shape index (κ3) is 3.34. The van der Waals surface area contributed by atoms with Crippen LogP contribution in [0.1, 0.15) is 18.4 Å². The Balaban J connectivity index is 2.00. The Morgan fingerprint density at radius 2 is 2.00 bits per heavy atom. The second-order valence-electron chi connectivity index (χ2n) is 4.71. The fourth-order valence-corrected chi connectivity index (χ4v) is 2.21. The molecule has 20 heavy (non-hydrogen) atoms. The SMILES string of the molecule is CNCc1ccccc1NC(=O)C1CCC(C(=O)O)O1. The maximum Gasteiger partial charge on any atom is 0.332 e. The summed E-state index contributed by atoms with van der Waals surface area (Å²) in [4.78, 5) is 22.9. The van der Waals surface area contributed by atoms with Crippen LogP contribution >= 0.6 is 0 Å². The van der Waals surface area contributed by atoms with Gasteiger partial charge in [-0.15, -0.1) is 0 Å². The second kappa shape index (κ2) is 6.49. The van der Waals surface area contributed by atoms with Crippen molar-refractivity contribution in [2.75, 3.05) is 12.4 Å². The van der Waals surface area contributed by atoms with Gasteiger partial charge in [-0.3, -0.25) is 4.79 Å². The van der Waals surface area contributed by atoms with Crippen LogP contribution in [0.25, 0.3) is 0 Å². The predicted octanol–water partition coefficient (Wildman–Crippen LogP) is 0.977. The van der Waals surface area contributed by atoms with E-state index in [9.17, 15) is 9.59 Å². The topological polar surface area (TPSA) is 87.7 Å². The largest absolute Gasteiger partial charge is 0.479 e. The number of carbonyl (C=O) groups excluding carboxylic acids is 1. The summed E-state index contributed by atoms with van der Waals surface area (Å²) in [5, 5.41) is 14.7. The van der Waals surface area contributed by atoms with Crippen LogP contribution in [-0.4, -0.2) is 36.2 Å². The number of rotatable bonds is 5. The van der Waals surface area contributed by atoms with Gasteiger partial charge in [-0.25, -0.2) is 4.79 Å². The quantitative estimate of drug-likeness (QED) is 0.747. The molecule has 0 radical (unpaired) electrons. The van der Waals surface area contributed by atoms with Gasteiger partial charge >= 0.3 is 5.97 Å². The van der Waals surface area contributed by atoms with E-state index in [1.165, 1.54) is 0 Å². The van der Waals surface area contributed by atoms with Gasteiger partial charge in [-0.05, 0) is 31.5 Å². The molecule has 6 heteroatoms. The Morgan fingerprint density at radius 1 is 1.30 bits per heavy atom. The van der Waals surface area contributed by atoms with E-state index in [0.717, 1.165) is 5.56 Å². The van der Waals surface area contributed by atoms with E-state index in [1.54, 1.807) is 0 Å². The summed E-state index contributed by atoms with van der Waals surface area (Å²) in [5.74, 6) is -1.31. The van der Waals surface area contributed by atoms with Crippen LogP contribution in [0.4, 0.5) is 5.69 Å². The van der Waals surface area contributed by atoms with Crippen molar-refractivity contribution in [3.8, 4) is 0 Å². The number of carboxylic acid groups (broad SMARTS) is 1. The summed E-state index contributed by atoms with van der Waals surface area (Å²) in [5.41, 5.74) is 1.69. The lowest BCUT2D eigenvalue weighted by Gasteiger charge is -2.14. The molecule has 1 heterocycles. The molecule has 1 aromatic rings. The van der Waals surface area contributed by atoms with Crippen LogP contribution in [0.2, 0.25) is 0 Å². The Labute approximate surface area is 117 Å². The number of aliphatic carboxylic acids is 1. The summed E-state index contributed by atoms with van der Waals surface area (Å²) in [6.07, 6.45) is -0.778. The highest BCUT2D eigenvalue weighted by Crippen LogP contribution is 2.22. The van der Waals surface area contributed by atoms with Crippen molar-refractivity contribution in [1.29, 1.82) is 0 Å². The number of hydrogen-bond acceptors (Lipinski definition) is 4. The van der Waals surface area contributed by atoms with Crippen molar-refractivity contribution in [2.24, 2.45) is 0 Å². The molecule has 1 aliphatic rings. The summed E-state index contributed by atoms with van der Waals surface area (Å²) in [6.45, 7) is 0.639. The van der Waals surface area contributed by atoms with E-state index in [2.05, 4.69) is 10.6 Å². The van der Waals surface area contributed by atoms with Gasteiger partial charge in [-0.2, -0.15) is 0 Å². The molecule has 2 unspecified atom stereocenters. The standard InChI is InChI=1S/C14H18N2O4/c1-15-8-9-4-2-3-5-10(9)16-13(17)11-6-7-12(20-11)14(18)19/h2-5,11-12,15H,6-8H2,1H3,(H,16,17)(H,18,19). The van der Waals surface area contributed by atoms with Gasteiger partial charge in [0.25, 0.3) is 5.91 Å². The minimum atomic E-state index is -1.02. The van der Waals surface area contributed by atoms with E-state index < -0.39 is 18.2 Å². The van der Waals surface area contributed by atoms with Gasteiger partial charge in [0, 0.05) is 12.2 Å². The smallest absolute Gasteiger partial charge is 0.332 e. The van der Waals surface area contributed by atoms with Crippen molar-refractivity contribution in [3.05, 3.63) is 29.8 Å². The summed E-state index contributed by atoms with van der Waals surface area (Å²) in [7, 11) is 1.83. The number of benzene rings is 1. The summed E-state index contributed by atoms with van der Waals surface area (Å²) < 4.78 is 5.23. The lowest BCUT2D eigenvalue weighted by atomic mass is 10.1. The number of carboxylic acids is 1. The number of amides is 1. The molecule has 3 N–H and O–H groups in total. The molecule has 0 spiro atoms. The summed E-state index contributed by atoms with van der Waals surface area (Å²) >= 11 is 0. The first kappa shape index (κ1) is 14.5. The molecule has 1 fully saturated rings. The number of ether oxygens (including phenoxy) is 1.